The van der Waals surface area contributed by atoms with Crippen molar-refractivity contribution in [3.8, 4) is 0 Å². The summed E-state index contributed by atoms with van der Waals surface area (Å²) in [7, 11) is 0. The molecule has 1 aliphatic heterocycles. The van der Waals surface area contributed by atoms with Crippen LogP contribution < -0.4 is 5.32 Å². The summed E-state index contributed by atoms with van der Waals surface area (Å²) in [6.07, 6.45) is 1.03. The van der Waals surface area contributed by atoms with Crippen molar-refractivity contribution in [2.75, 3.05) is 19.7 Å². The summed E-state index contributed by atoms with van der Waals surface area (Å²) in [5, 5.41) is 6.56. The largest absolute Gasteiger partial charge is 0.368 e. The average molecular weight is 260 g/mol. The minimum atomic E-state index is 0.133. The standard InChI is InChI=1S/C14H16N2OS/c1-2-4-11(5-3-1)8-12-10-18-14(16-12)13-9-15-6-7-17-13/h1-5,10,13,15H,6-9H2. The fourth-order valence-corrected chi connectivity index (χ4v) is 2.95. The van der Waals surface area contributed by atoms with Crippen LogP contribution in [0.5, 0.6) is 0 Å². The van der Waals surface area contributed by atoms with Gasteiger partial charge in [-0.1, -0.05) is 30.3 Å². The van der Waals surface area contributed by atoms with E-state index in [1.54, 1.807) is 11.3 Å². The first kappa shape index (κ1) is 11.8. The van der Waals surface area contributed by atoms with Crippen LogP contribution >= 0.6 is 11.3 Å². The monoisotopic (exact) mass is 260 g/mol. The van der Waals surface area contributed by atoms with Gasteiger partial charge in [0.25, 0.3) is 0 Å². The van der Waals surface area contributed by atoms with Gasteiger partial charge in [0, 0.05) is 24.9 Å². The summed E-state index contributed by atoms with van der Waals surface area (Å²) in [6, 6.07) is 10.4. The maximum atomic E-state index is 5.71. The van der Waals surface area contributed by atoms with E-state index in [9.17, 15) is 0 Å². The van der Waals surface area contributed by atoms with Crippen LogP contribution in [0.15, 0.2) is 35.7 Å². The van der Waals surface area contributed by atoms with Crippen molar-refractivity contribution in [2.24, 2.45) is 0 Å². The predicted molar refractivity (Wildman–Crippen MR) is 72.9 cm³/mol. The summed E-state index contributed by atoms with van der Waals surface area (Å²) < 4.78 is 5.71. The first-order valence-electron chi connectivity index (χ1n) is 6.22. The number of benzene rings is 1. The molecule has 0 bridgehead atoms. The van der Waals surface area contributed by atoms with Gasteiger partial charge < -0.3 is 10.1 Å². The molecule has 4 heteroatoms. The van der Waals surface area contributed by atoms with E-state index in [1.807, 2.05) is 6.07 Å². The second kappa shape index (κ2) is 5.61. The summed E-state index contributed by atoms with van der Waals surface area (Å²) in [5.74, 6) is 0. The number of rotatable bonds is 3. The molecule has 0 aliphatic carbocycles. The van der Waals surface area contributed by atoms with Crippen molar-refractivity contribution in [3.05, 3.63) is 52.0 Å². The second-order valence-corrected chi connectivity index (χ2v) is 5.29. The van der Waals surface area contributed by atoms with Gasteiger partial charge in [0.15, 0.2) is 0 Å². The zero-order valence-corrected chi connectivity index (χ0v) is 11.0. The van der Waals surface area contributed by atoms with E-state index in [4.69, 9.17) is 4.74 Å². The van der Waals surface area contributed by atoms with Gasteiger partial charge in [-0.15, -0.1) is 11.3 Å². The molecule has 0 spiro atoms. The Kier molecular flexibility index (Phi) is 3.69. The lowest BCUT2D eigenvalue weighted by atomic mass is 10.1. The molecule has 1 aromatic carbocycles. The highest BCUT2D eigenvalue weighted by Gasteiger charge is 2.18. The van der Waals surface area contributed by atoms with Gasteiger partial charge in [-0.25, -0.2) is 4.98 Å². The van der Waals surface area contributed by atoms with E-state index in [0.717, 1.165) is 36.8 Å². The Labute approximate surface area is 111 Å². The number of thiazole rings is 1. The molecule has 1 unspecified atom stereocenters. The molecule has 1 saturated heterocycles. The van der Waals surface area contributed by atoms with E-state index in [0.29, 0.717) is 0 Å². The normalized spacial score (nSPS) is 19.9. The molecule has 3 rings (SSSR count). The quantitative estimate of drug-likeness (QED) is 0.920. The lowest BCUT2D eigenvalue weighted by Gasteiger charge is -2.21. The molecule has 0 amide bonds. The molecule has 1 aliphatic rings. The first-order valence-corrected chi connectivity index (χ1v) is 7.10. The van der Waals surface area contributed by atoms with Gasteiger partial charge in [-0.05, 0) is 5.56 Å². The van der Waals surface area contributed by atoms with Crippen molar-refractivity contribution in [1.29, 1.82) is 0 Å². The molecule has 18 heavy (non-hydrogen) atoms. The van der Waals surface area contributed by atoms with Crippen LogP contribution in [0, 0.1) is 0 Å². The Bertz CT molecular complexity index is 492. The lowest BCUT2D eigenvalue weighted by Crippen LogP contribution is -2.33. The molecule has 3 nitrogen and oxygen atoms in total. The van der Waals surface area contributed by atoms with Crippen molar-refractivity contribution in [2.45, 2.75) is 12.5 Å². The van der Waals surface area contributed by atoms with Crippen LogP contribution in [0.3, 0.4) is 0 Å². The van der Waals surface area contributed by atoms with Gasteiger partial charge in [0.05, 0.1) is 12.3 Å². The van der Waals surface area contributed by atoms with Gasteiger partial charge >= 0.3 is 0 Å². The van der Waals surface area contributed by atoms with Gasteiger partial charge in [-0.3, -0.25) is 0 Å². The van der Waals surface area contributed by atoms with E-state index in [1.165, 1.54) is 5.56 Å². The predicted octanol–water partition coefficient (Wildman–Crippen LogP) is 2.39. The fraction of sp³-hybridized carbons (Fsp3) is 0.357. The molecule has 1 N–H and O–H groups in total. The SMILES string of the molecule is c1ccc(Cc2csc(C3CNCCO3)n2)cc1. The Hall–Kier alpha value is -1.23. The first-order chi connectivity index (χ1) is 8.92. The molecule has 1 atom stereocenters. The van der Waals surface area contributed by atoms with E-state index >= 15 is 0 Å². The molecular formula is C14H16N2OS. The zero-order valence-electron chi connectivity index (χ0n) is 10.1. The van der Waals surface area contributed by atoms with E-state index in [-0.39, 0.29) is 6.10 Å². The highest BCUT2D eigenvalue weighted by molar-refractivity contribution is 7.09. The molecule has 1 aromatic heterocycles. The van der Waals surface area contributed by atoms with E-state index < -0.39 is 0 Å². The summed E-state index contributed by atoms with van der Waals surface area (Å²) in [5.41, 5.74) is 2.44. The maximum Gasteiger partial charge on any atom is 0.123 e. The van der Waals surface area contributed by atoms with Gasteiger partial charge in [0.1, 0.15) is 11.1 Å². The summed E-state index contributed by atoms with van der Waals surface area (Å²) >= 11 is 1.70. The van der Waals surface area contributed by atoms with Crippen LogP contribution in [-0.2, 0) is 11.2 Å². The average Bonchev–Trinajstić information content (AvgIpc) is 2.89. The molecule has 0 radical (unpaired) electrons. The fourth-order valence-electron chi connectivity index (χ4n) is 2.08. The summed E-state index contributed by atoms with van der Waals surface area (Å²) in [6.45, 7) is 2.59. The van der Waals surface area contributed by atoms with Crippen LogP contribution in [0.2, 0.25) is 0 Å². The topological polar surface area (TPSA) is 34.1 Å². The van der Waals surface area contributed by atoms with Gasteiger partial charge in [-0.2, -0.15) is 0 Å². The van der Waals surface area contributed by atoms with Crippen LogP contribution in [0.25, 0.3) is 0 Å². The van der Waals surface area contributed by atoms with Gasteiger partial charge in [0.2, 0.25) is 0 Å². The Balaban J connectivity index is 1.69. The molecule has 1 fully saturated rings. The van der Waals surface area contributed by atoms with Crippen LogP contribution in [-0.4, -0.2) is 24.7 Å². The zero-order chi connectivity index (χ0) is 12.2. The Morgan fingerprint density at radius 3 is 3.00 bits per heavy atom. The number of aromatic nitrogens is 1. The van der Waals surface area contributed by atoms with Crippen LogP contribution in [0.4, 0.5) is 0 Å². The van der Waals surface area contributed by atoms with Crippen molar-refractivity contribution < 1.29 is 4.74 Å². The highest BCUT2D eigenvalue weighted by atomic mass is 32.1. The number of hydrogen-bond acceptors (Lipinski definition) is 4. The van der Waals surface area contributed by atoms with Crippen LogP contribution in [0.1, 0.15) is 22.4 Å². The van der Waals surface area contributed by atoms with E-state index in [2.05, 4.69) is 39.9 Å². The minimum Gasteiger partial charge on any atom is -0.368 e. The third-order valence-corrected chi connectivity index (χ3v) is 3.99. The molecule has 2 heterocycles. The number of nitrogens with one attached hydrogen (secondary N) is 1. The third-order valence-electron chi connectivity index (χ3n) is 3.00. The number of nitrogens with zero attached hydrogens (tertiary/aromatic N) is 1. The number of hydrogen-bond donors (Lipinski definition) is 1. The molecule has 2 aromatic rings. The van der Waals surface area contributed by atoms with Crippen molar-refractivity contribution in [1.82, 2.24) is 10.3 Å². The van der Waals surface area contributed by atoms with Crippen molar-refractivity contribution >= 4 is 11.3 Å². The Morgan fingerprint density at radius 1 is 1.33 bits per heavy atom. The highest BCUT2D eigenvalue weighted by Crippen LogP contribution is 2.23. The second-order valence-electron chi connectivity index (χ2n) is 4.40. The molecule has 94 valence electrons. The molecular weight excluding hydrogens is 244 g/mol. The minimum absolute atomic E-state index is 0.133. The lowest BCUT2D eigenvalue weighted by molar-refractivity contribution is 0.0275. The Morgan fingerprint density at radius 2 is 2.22 bits per heavy atom. The summed E-state index contributed by atoms with van der Waals surface area (Å²) in [4.78, 5) is 4.68. The molecule has 0 saturated carbocycles. The smallest absolute Gasteiger partial charge is 0.123 e. The third kappa shape index (κ3) is 2.77. The van der Waals surface area contributed by atoms with Crippen molar-refractivity contribution in [3.63, 3.8) is 0 Å². The maximum absolute atomic E-state index is 5.71. The number of ether oxygens (including phenoxy) is 1. The number of morpholine rings is 1.